The molecule has 0 aromatic carbocycles. The third kappa shape index (κ3) is 1.58. The molecule has 0 bridgehead atoms. The summed E-state index contributed by atoms with van der Waals surface area (Å²) in [5.41, 5.74) is 12.1. The minimum absolute atomic E-state index is 0.145. The molecule has 11 heavy (non-hydrogen) atoms. The van der Waals surface area contributed by atoms with Gasteiger partial charge in [0, 0.05) is 19.8 Å². The lowest BCUT2D eigenvalue weighted by Gasteiger charge is -2.07. The van der Waals surface area contributed by atoms with Crippen LogP contribution in [0, 0.1) is 6.92 Å². The molecule has 0 aliphatic carbocycles. The first-order valence-electron chi connectivity index (χ1n) is 3.60. The third-order valence-corrected chi connectivity index (χ3v) is 1.62. The number of rotatable bonds is 2. The second-order valence-electron chi connectivity index (χ2n) is 2.69. The summed E-state index contributed by atoms with van der Waals surface area (Å²) in [7, 11) is 1.92. The maximum atomic E-state index is 5.70. The van der Waals surface area contributed by atoms with Crippen molar-refractivity contribution in [1.82, 2.24) is 9.55 Å². The van der Waals surface area contributed by atoms with Crippen LogP contribution in [-0.4, -0.2) is 16.1 Å². The van der Waals surface area contributed by atoms with Crippen LogP contribution >= 0.6 is 0 Å². The molecule has 1 unspecified atom stereocenters. The van der Waals surface area contributed by atoms with Gasteiger partial charge in [-0.15, -0.1) is 0 Å². The van der Waals surface area contributed by atoms with Crippen molar-refractivity contribution >= 4 is 0 Å². The molecule has 0 aliphatic rings. The van der Waals surface area contributed by atoms with E-state index in [4.69, 9.17) is 11.5 Å². The topological polar surface area (TPSA) is 69.9 Å². The highest BCUT2D eigenvalue weighted by atomic mass is 15.1. The molecule has 0 aliphatic heterocycles. The number of nitrogens with two attached hydrogens (primary N) is 2. The maximum absolute atomic E-state index is 5.70. The second kappa shape index (κ2) is 3.02. The van der Waals surface area contributed by atoms with E-state index in [1.54, 1.807) is 0 Å². The van der Waals surface area contributed by atoms with Gasteiger partial charge in [-0.05, 0) is 6.92 Å². The summed E-state index contributed by atoms with van der Waals surface area (Å²) in [5.74, 6) is 0.852. The van der Waals surface area contributed by atoms with Crippen molar-refractivity contribution in [3.63, 3.8) is 0 Å². The van der Waals surface area contributed by atoms with Crippen LogP contribution in [0.15, 0.2) is 6.20 Å². The Labute approximate surface area is 66.2 Å². The van der Waals surface area contributed by atoms with E-state index >= 15 is 0 Å². The van der Waals surface area contributed by atoms with Gasteiger partial charge in [0.2, 0.25) is 0 Å². The molecule has 0 radical (unpaired) electrons. The Bertz CT molecular complexity index is 241. The van der Waals surface area contributed by atoms with Gasteiger partial charge in [-0.25, -0.2) is 4.98 Å². The van der Waals surface area contributed by atoms with E-state index in [2.05, 4.69) is 4.98 Å². The molecule has 0 saturated heterocycles. The van der Waals surface area contributed by atoms with Crippen LogP contribution in [0.3, 0.4) is 0 Å². The number of nitrogens with zero attached hydrogens (tertiary/aromatic N) is 2. The molecule has 1 aromatic heterocycles. The quantitative estimate of drug-likeness (QED) is 0.613. The lowest BCUT2D eigenvalue weighted by molar-refractivity contribution is 0.643. The molecule has 1 aromatic rings. The van der Waals surface area contributed by atoms with Crippen LogP contribution in [0.4, 0.5) is 0 Å². The van der Waals surface area contributed by atoms with Crippen LogP contribution in [0.25, 0.3) is 0 Å². The summed E-state index contributed by atoms with van der Waals surface area (Å²) in [6.45, 7) is 2.37. The summed E-state index contributed by atoms with van der Waals surface area (Å²) in [6, 6.07) is -0.145. The van der Waals surface area contributed by atoms with Crippen molar-refractivity contribution in [1.29, 1.82) is 0 Å². The number of imidazole rings is 1. The van der Waals surface area contributed by atoms with Crippen molar-refractivity contribution in [3.05, 3.63) is 17.7 Å². The maximum Gasteiger partial charge on any atom is 0.126 e. The Hall–Kier alpha value is -0.870. The zero-order chi connectivity index (χ0) is 8.43. The van der Waals surface area contributed by atoms with Gasteiger partial charge in [0.05, 0.1) is 11.7 Å². The summed E-state index contributed by atoms with van der Waals surface area (Å²) < 4.78 is 1.91. The van der Waals surface area contributed by atoms with Gasteiger partial charge < -0.3 is 16.0 Å². The fourth-order valence-corrected chi connectivity index (χ4v) is 1.08. The standard InChI is InChI=1S/C7H14N4/c1-5-4-11(2)7(10-5)6(9)3-8/h4,6H,3,8-9H2,1-2H3. The molecular weight excluding hydrogens is 140 g/mol. The normalized spacial score (nSPS) is 13.5. The highest BCUT2D eigenvalue weighted by Gasteiger charge is 2.09. The smallest absolute Gasteiger partial charge is 0.126 e. The molecular formula is C7H14N4. The molecule has 0 saturated carbocycles. The van der Waals surface area contributed by atoms with E-state index in [-0.39, 0.29) is 6.04 Å². The van der Waals surface area contributed by atoms with E-state index in [1.165, 1.54) is 0 Å². The van der Waals surface area contributed by atoms with Gasteiger partial charge in [-0.1, -0.05) is 0 Å². The zero-order valence-corrected chi connectivity index (χ0v) is 6.91. The molecule has 0 fully saturated rings. The lowest BCUT2D eigenvalue weighted by atomic mass is 10.3. The summed E-state index contributed by atoms with van der Waals surface area (Å²) in [5, 5.41) is 0. The van der Waals surface area contributed by atoms with E-state index < -0.39 is 0 Å². The van der Waals surface area contributed by atoms with Gasteiger partial charge in [0.15, 0.2) is 0 Å². The first-order chi connectivity index (χ1) is 5.15. The molecule has 4 N–H and O–H groups in total. The van der Waals surface area contributed by atoms with Crippen molar-refractivity contribution in [2.45, 2.75) is 13.0 Å². The molecule has 4 heteroatoms. The molecule has 1 atom stereocenters. The van der Waals surface area contributed by atoms with Crippen LogP contribution in [0.5, 0.6) is 0 Å². The lowest BCUT2D eigenvalue weighted by Crippen LogP contribution is -2.23. The van der Waals surface area contributed by atoms with Crippen LogP contribution in [-0.2, 0) is 7.05 Å². The summed E-state index contributed by atoms with van der Waals surface area (Å²) in [4.78, 5) is 4.24. The highest BCUT2D eigenvalue weighted by Crippen LogP contribution is 2.06. The van der Waals surface area contributed by atoms with E-state index in [0.29, 0.717) is 6.54 Å². The minimum Gasteiger partial charge on any atom is -0.336 e. The number of hydrogen-bond donors (Lipinski definition) is 2. The van der Waals surface area contributed by atoms with Crippen molar-refractivity contribution in [2.75, 3.05) is 6.54 Å². The average Bonchev–Trinajstić information content (AvgIpc) is 2.28. The number of hydrogen-bond acceptors (Lipinski definition) is 3. The fourth-order valence-electron chi connectivity index (χ4n) is 1.08. The van der Waals surface area contributed by atoms with Crippen LogP contribution in [0.2, 0.25) is 0 Å². The zero-order valence-electron chi connectivity index (χ0n) is 6.91. The largest absolute Gasteiger partial charge is 0.336 e. The monoisotopic (exact) mass is 154 g/mol. The Morgan fingerprint density at radius 1 is 1.73 bits per heavy atom. The first kappa shape index (κ1) is 8.23. The first-order valence-corrected chi connectivity index (χ1v) is 3.60. The molecule has 1 heterocycles. The van der Waals surface area contributed by atoms with Gasteiger partial charge >= 0.3 is 0 Å². The molecule has 0 amide bonds. The molecule has 1 rings (SSSR count). The van der Waals surface area contributed by atoms with Gasteiger partial charge in [-0.3, -0.25) is 0 Å². The van der Waals surface area contributed by atoms with E-state index in [9.17, 15) is 0 Å². The predicted molar refractivity (Wildman–Crippen MR) is 43.9 cm³/mol. The van der Waals surface area contributed by atoms with Gasteiger partial charge in [0.1, 0.15) is 5.82 Å². The third-order valence-electron chi connectivity index (χ3n) is 1.62. The molecule has 0 spiro atoms. The second-order valence-corrected chi connectivity index (χ2v) is 2.69. The van der Waals surface area contributed by atoms with Crippen molar-refractivity contribution in [2.24, 2.45) is 18.5 Å². The Kier molecular flexibility index (Phi) is 2.26. The number of aryl methyl sites for hydroxylation is 2. The molecule has 4 nitrogen and oxygen atoms in total. The highest BCUT2D eigenvalue weighted by molar-refractivity contribution is 5.05. The van der Waals surface area contributed by atoms with Gasteiger partial charge in [0.25, 0.3) is 0 Å². The summed E-state index contributed by atoms with van der Waals surface area (Å²) in [6.07, 6.45) is 1.94. The average molecular weight is 154 g/mol. The van der Waals surface area contributed by atoms with Crippen LogP contribution in [0.1, 0.15) is 17.6 Å². The Morgan fingerprint density at radius 2 is 2.36 bits per heavy atom. The van der Waals surface area contributed by atoms with Crippen molar-refractivity contribution in [3.8, 4) is 0 Å². The summed E-state index contributed by atoms with van der Waals surface area (Å²) >= 11 is 0. The van der Waals surface area contributed by atoms with Gasteiger partial charge in [-0.2, -0.15) is 0 Å². The minimum atomic E-state index is -0.145. The predicted octanol–water partition coefficient (Wildman–Crippen LogP) is -0.313. The van der Waals surface area contributed by atoms with E-state index in [0.717, 1.165) is 11.5 Å². The Balaban J connectivity index is 2.93. The van der Waals surface area contributed by atoms with Crippen LogP contribution < -0.4 is 11.5 Å². The molecule has 62 valence electrons. The number of aromatic nitrogens is 2. The SMILES string of the molecule is Cc1cn(C)c(C(N)CN)n1. The van der Waals surface area contributed by atoms with Crippen molar-refractivity contribution < 1.29 is 0 Å². The van der Waals surface area contributed by atoms with E-state index in [1.807, 2.05) is 24.7 Å². The Morgan fingerprint density at radius 3 is 2.73 bits per heavy atom. The fraction of sp³-hybridized carbons (Fsp3) is 0.571.